The zero-order chi connectivity index (χ0) is 25.2. The Bertz CT molecular complexity index is 1220. The molecule has 35 heavy (non-hydrogen) atoms. The first-order chi connectivity index (χ1) is 16.6. The lowest BCUT2D eigenvalue weighted by molar-refractivity contribution is -0.136. The van der Waals surface area contributed by atoms with Crippen LogP contribution in [0.2, 0.25) is 0 Å². The smallest absolute Gasteiger partial charge is 0.325 e. The predicted molar refractivity (Wildman–Crippen MR) is 131 cm³/mol. The Labute approximate surface area is 205 Å². The van der Waals surface area contributed by atoms with Gasteiger partial charge in [-0.3, -0.25) is 14.5 Å². The molecule has 0 radical (unpaired) electrons. The van der Waals surface area contributed by atoms with Gasteiger partial charge in [-0.05, 0) is 48.6 Å². The van der Waals surface area contributed by atoms with Crippen molar-refractivity contribution in [2.75, 3.05) is 18.9 Å². The first-order valence-electron chi connectivity index (χ1n) is 11.7. The van der Waals surface area contributed by atoms with E-state index in [1.54, 1.807) is 0 Å². The molecule has 1 spiro atoms. The van der Waals surface area contributed by atoms with Crippen molar-refractivity contribution >= 4 is 33.6 Å². The summed E-state index contributed by atoms with van der Waals surface area (Å²) in [6.45, 7) is 1.78. The SMILES string of the molecule is C[C@H]1CCCC[C@]12NC(=O)N(CC(=O)Nc1ccc(S(=O)(=O)N(C)Cc3ccccc3)cc1)C2=O. The largest absolute Gasteiger partial charge is 0.325 e. The van der Waals surface area contributed by atoms with Crippen molar-refractivity contribution in [1.29, 1.82) is 0 Å². The van der Waals surface area contributed by atoms with Crippen LogP contribution in [0, 0.1) is 5.92 Å². The number of amides is 4. The minimum Gasteiger partial charge on any atom is -0.325 e. The third-order valence-electron chi connectivity index (χ3n) is 6.90. The first kappa shape index (κ1) is 24.9. The van der Waals surface area contributed by atoms with Crippen LogP contribution in [-0.2, 0) is 26.2 Å². The number of rotatable bonds is 7. The standard InChI is InChI=1S/C25H30N4O5S/c1-18-8-6-7-15-25(18)23(31)29(24(32)27-25)17-22(30)26-20-11-13-21(14-12-20)35(33,34)28(2)16-19-9-4-3-5-10-19/h3-5,9-14,18H,6-8,15-17H2,1-2H3,(H,26,30)(H,27,32)/t18-,25-/m0/s1. The molecule has 186 valence electrons. The molecule has 4 rings (SSSR count). The molecule has 2 aromatic carbocycles. The topological polar surface area (TPSA) is 116 Å². The van der Waals surface area contributed by atoms with E-state index in [9.17, 15) is 22.8 Å². The molecule has 1 heterocycles. The Morgan fingerprint density at radius 2 is 1.80 bits per heavy atom. The molecule has 9 nitrogen and oxygen atoms in total. The zero-order valence-corrected chi connectivity index (χ0v) is 20.7. The van der Waals surface area contributed by atoms with E-state index in [2.05, 4.69) is 10.6 Å². The van der Waals surface area contributed by atoms with Crippen molar-refractivity contribution in [1.82, 2.24) is 14.5 Å². The number of hydrogen-bond donors (Lipinski definition) is 2. The van der Waals surface area contributed by atoms with Gasteiger partial charge >= 0.3 is 6.03 Å². The van der Waals surface area contributed by atoms with Crippen LogP contribution in [0.25, 0.3) is 0 Å². The highest BCUT2D eigenvalue weighted by atomic mass is 32.2. The van der Waals surface area contributed by atoms with Crippen molar-refractivity contribution < 1.29 is 22.8 Å². The molecule has 4 amide bonds. The second-order valence-electron chi connectivity index (χ2n) is 9.26. The van der Waals surface area contributed by atoms with Gasteiger partial charge in [-0.1, -0.05) is 50.1 Å². The van der Waals surface area contributed by atoms with Gasteiger partial charge in [0.15, 0.2) is 0 Å². The van der Waals surface area contributed by atoms with Gasteiger partial charge in [-0.15, -0.1) is 0 Å². The monoisotopic (exact) mass is 498 g/mol. The quantitative estimate of drug-likeness (QED) is 0.570. The van der Waals surface area contributed by atoms with Gasteiger partial charge < -0.3 is 10.6 Å². The predicted octanol–water partition coefficient (Wildman–Crippen LogP) is 2.95. The summed E-state index contributed by atoms with van der Waals surface area (Å²) in [5.74, 6) is -0.881. The summed E-state index contributed by atoms with van der Waals surface area (Å²) in [6.07, 6.45) is 3.29. The van der Waals surface area contributed by atoms with Gasteiger partial charge in [0, 0.05) is 19.3 Å². The van der Waals surface area contributed by atoms with Crippen LogP contribution in [0.1, 0.15) is 38.2 Å². The molecular weight excluding hydrogens is 468 g/mol. The number of benzene rings is 2. The number of nitrogens with one attached hydrogen (secondary N) is 2. The summed E-state index contributed by atoms with van der Waals surface area (Å²) >= 11 is 0. The average molecular weight is 499 g/mol. The first-order valence-corrected chi connectivity index (χ1v) is 13.1. The lowest BCUT2D eigenvalue weighted by Gasteiger charge is -2.36. The maximum Gasteiger partial charge on any atom is 0.325 e. The number of sulfonamides is 1. The third-order valence-corrected chi connectivity index (χ3v) is 8.72. The van der Waals surface area contributed by atoms with Crippen LogP contribution in [0.15, 0.2) is 59.5 Å². The maximum absolute atomic E-state index is 13.0. The molecule has 2 aliphatic rings. The Morgan fingerprint density at radius 1 is 1.11 bits per heavy atom. The summed E-state index contributed by atoms with van der Waals surface area (Å²) in [6, 6.07) is 14.5. The third kappa shape index (κ3) is 4.94. The zero-order valence-electron chi connectivity index (χ0n) is 19.9. The van der Waals surface area contributed by atoms with E-state index in [0.717, 1.165) is 29.7 Å². The van der Waals surface area contributed by atoms with Crippen LogP contribution in [0.3, 0.4) is 0 Å². The highest BCUT2D eigenvalue weighted by Crippen LogP contribution is 2.38. The summed E-state index contributed by atoms with van der Waals surface area (Å²) < 4.78 is 27.1. The van der Waals surface area contributed by atoms with E-state index in [1.165, 1.54) is 35.6 Å². The highest BCUT2D eigenvalue weighted by Gasteiger charge is 2.55. The van der Waals surface area contributed by atoms with Crippen LogP contribution in [0.5, 0.6) is 0 Å². The molecule has 2 atom stereocenters. The van der Waals surface area contributed by atoms with Crippen LogP contribution < -0.4 is 10.6 Å². The van der Waals surface area contributed by atoms with E-state index >= 15 is 0 Å². The molecule has 10 heteroatoms. The Balaban J connectivity index is 1.38. The fraction of sp³-hybridized carbons (Fsp3) is 0.400. The normalized spacial score (nSPS) is 22.5. The Hall–Kier alpha value is -3.24. The van der Waals surface area contributed by atoms with Gasteiger partial charge in [-0.25, -0.2) is 13.2 Å². The van der Waals surface area contributed by atoms with E-state index in [1.807, 2.05) is 37.3 Å². The molecule has 0 bridgehead atoms. The summed E-state index contributed by atoms with van der Waals surface area (Å²) in [7, 11) is -2.21. The van der Waals surface area contributed by atoms with Crippen molar-refractivity contribution in [3.8, 4) is 0 Å². The fourth-order valence-corrected chi connectivity index (χ4v) is 5.96. The average Bonchev–Trinajstić information content (AvgIpc) is 3.06. The van der Waals surface area contributed by atoms with Gasteiger partial charge in [0.1, 0.15) is 12.1 Å². The second-order valence-corrected chi connectivity index (χ2v) is 11.3. The number of carbonyl (C=O) groups excluding carboxylic acids is 3. The summed E-state index contributed by atoms with van der Waals surface area (Å²) in [5.41, 5.74) is 0.317. The van der Waals surface area contributed by atoms with Gasteiger partial charge in [0.2, 0.25) is 15.9 Å². The maximum atomic E-state index is 13.0. The summed E-state index contributed by atoms with van der Waals surface area (Å²) in [4.78, 5) is 39.2. The molecule has 0 aromatic heterocycles. The molecule has 2 fully saturated rings. The molecule has 2 N–H and O–H groups in total. The molecule has 1 aliphatic carbocycles. The lowest BCUT2D eigenvalue weighted by atomic mass is 9.73. The van der Waals surface area contributed by atoms with Crippen molar-refractivity contribution in [2.45, 2.75) is 49.6 Å². The van der Waals surface area contributed by atoms with E-state index in [4.69, 9.17) is 0 Å². The summed E-state index contributed by atoms with van der Waals surface area (Å²) in [5, 5.41) is 5.47. The van der Waals surface area contributed by atoms with Crippen molar-refractivity contribution in [3.63, 3.8) is 0 Å². The number of urea groups is 1. The second kappa shape index (κ2) is 9.79. The van der Waals surface area contributed by atoms with Crippen LogP contribution in [-0.4, -0.2) is 54.6 Å². The lowest BCUT2D eigenvalue weighted by Crippen LogP contribution is -2.54. The fourth-order valence-electron chi connectivity index (χ4n) is 4.80. The van der Waals surface area contributed by atoms with Gasteiger partial charge in [0.25, 0.3) is 5.91 Å². The Morgan fingerprint density at radius 3 is 2.46 bits per heavy atom. The molecule has 0 unspecified atom stereocenters. The van der Waals surface area contributed by atoms with Gasteiger partial charge in [0.05, 0.1) is 4.90 Å². The molecule has 1 saturated carbocycles. The molecular formula is C25H30N4O5S. The number of anilines is 1. The highest BCUT2D eigenvalue weighted by molar-refractivity contribution is 7.89. The number of hydrogen-bond acceptors (Lipinski definition) is 5. The van der Waals surface area contributed by atoms with E-state index in [-0.39, 0.29) is 23.3 Å². The molecule has 2 aromatic rings. The van der Waals surface area contributed by atoms with Crippen molar-refractivity contribution in [2.24, 2.45) is 5.92 Å². The number of imide groups is 1. The number of carbonyl (C=O) groups is 3. The number of nitrogens with zero attached hydrogens (tertiary/aromatic N) is 2. The van der Waals surface area contributed by atoms with Gasteiger partial charge in [-0.2, -0.15) is 4.31 Å². The Kier molecular flexibility index (Phi) is 6.95. The minimum absolute atomic E-state index is 0.00952. The van der Waals surface area contributed by atoms with E-state index in [0.29, 0.717) is 12.1 Å². The minimum atomic E-state index is -3.72. The van der Waals surface area contributed by atoms with E-state index < -0.39 is 34.0 Å². The molecule has 1 aliphatic heterocycles. The van der Waals surface area contributed by atoms with Crippen molar-refractivity contribution in [3.05, 3.63) is 60.2 Å². The van der Waals surface area contributed by atoms with Crippen LogP contribution >= 0.6 is 0 Å². The molecule has 1 saturated heterocycles. The van der Waals surface area contributed by atoms with Crippen LogP contribution in [0.4, 0.5) is 10.5 Å².